The summed E-state index contributed by atoms with van der Waals surface area (Å²) in [5.41, 5.74) is -0.691. The van der Waals surface area contributed by atoms with Gasteiger partial charge in [0.1, 0.15) is 23.3 Å². The molecule has 0 spiro atoms. The Hall–Kier alpha value is -2.90. The first-order valence-electron chi connectivity index (χ1n) is 5.70. The van der Waals surface area contributed by atoms with E-state index in [4.69, 9.17) is 5.11 Å². The van der Waals surface area contributed by atoms with Crippen molar-refractivity contribution >= 4 is 17.1 Å². The van der Waals surface area contributed by atoms with E-state index in [1.807, 2.05) is 0 Å². The van der Waals surface area contributed by atoms with E-state index in [2.05, 4.69) is 15.0 Å². The number of imidazole rings is 1. The lowest BCUT2D eigenvalue weighted by molar-refractivity contribution is 0.0698. The van der Waals surface area contributed by atoms with Gasteiger partial charge in [0.2, 0.25) is 0 Å². The maximum absolute atomic E-state index is 13.7. The third-order valence-corrected chi connectivity index (χ3v) is 2.87. The van der Waals surface area contributed by atoms with Gasteiger partial charge in [0.15, 0.2) is 5.65 Å². The largest absolute Gasteiger partial charge is 0.478 e. The third kappa shape index (κ3) is 2.10. The van der Waals surface area contributed by atoms with Gasteiger partial charge in [-0.15, -0.1) is 0 Å². The highest BCUT2D eigenvalue weighted by Gasteiger charge is 2.19. The van der Waals surface area contributed by atoms with Crippen molar-refractivity contribution in [2.75, 3.05) is 0 Å². The van der Waals surface area contributed by atoms with E-state index in [1.54, 1.807) is 0 Å². The highest BCUT2D eigenvalue weighted by atomic mass is 19.1. The van der Waals surface area contributed by atoms with E-state index < -0.39 is 29.0 Å². The van der Waals surface area contributed by atoms with Crippen molar-refractivity contribution in [2.24, 2.45) is 0 Å². The van der Waals surface area contributed by atoms with Crippen molar-refractivity contribution in [1.82, 2.24) is 15.0 Å². The smallest absolute Gasteiger partial charge is 0.338 e. The lowest BCUT2D eigenvalue weighted by Crippen LogP contribution is -1.98. The van der Waals surface area contributed by atoms with Crippen molar-refractivity contribution in [3.63, 3.8) is 0 Å². The molecule has 2 N–H and O–H groups in total. The van der Waals surface area contributed by atoms with E-state index in [0.29, 0.717) is 12.1 Å². The SMILES string of the molecule is O=C(O)c1ccnc2nc(-c3c(F)cc(F)cc3F)[nH]c12. The van der Waals surface area contributed by atoms with E-state index in [9.17, 15) is 18.0 Å². The standard InChI is InChI=1S/C13H6F3N3O2/c14-5-3-7(15)9(8(16)4-5)11-18-10-6(13(20)21)1-2-17-12(10)19-11/h1-4H,(H,20,21)(H,17,18,19). The predicted molar refractivity (Wildman–Crippen MR) is 66.2 cm³/mol. The van der Waals surface area contributed by atoms with Gasteiger partial charge in [-0.1, -0.05) is 0 Å². The van der Waals surface area contributed by atoms with Gasteiger partial charge in [-0.25, -0.2) is 27.9 Å². The zero-order chi connectivity index (χ0) is 15.1. The molecule has 0 bridgehead atoms. The highest BCUT2D eigenvalue weighted by Crippen LogP contribution is 2.27. The number of H-pyrrole nitrogens is 1. The molecule has 0 radical (unpaired) electrons. The number of carboxylic acids is 1. The average molecular weight is 293 g/mol. The van der Waals surface area contributed by atoms with Crippen molar-refractivity contribution in [2.45, 2.75) is 0 Å². The molecule has 0 atom stereocenters. The lowest BCUT2D eigenvalue weighted by Gasteiger charge is -2.01. The molecule has 0 aliphatic rings. The number of hydrogen-bond acceptors (Lipinski definition) is 3. The first kappa shape index (κ1) is 13.1. The van der Waals surface area contributed by atoms with Gasteiger partial charge in [-0.3, -0.25) is 0 Å². The molecule has 0 aliphatic carbocycles. The Labute approximate surface area is 115 Å². The Morgan fingerprint density at radius 2 is 1.86 bits per heavy atom. The number of carboxylic acid groups (broad SMARTS) is 1. The Morgan fingerprint density at radius 3 is 2.48 bits per heavy atom. The first-order valence-corrected chi connectivity index (χ1v) is 5.70. The first-order chi connectivity index (χ1) is 9.97. The summed E-state index contributed by atoms with van der Waals surface area (Å²) in [5, 5.41) is 9.03. The molecule has 5 nitrogen and oxygen atoms in total. The summed E-state index contributed by atoms with van der Waals surface area (Å²) < 4.78 is 40.3. The van der Waals surface area contributed by atoms with Crippen LogP contribution in [0.25, 0.3) is 22.6 Å². The van der Waals surface area contributed by atoms with Crippen LogP contribution in [0.1, 0.15) is 10.4 Å². The zero-order valence-corrected chi connectivity index (χ0v) is 10.2. The summed E-state index contributed by atoms with van der Waals surface area (Å²) in [6, 6.07) is 2.25. The Kier molecular flexibility index (Phi) is 2.86. The number of nitrogens with zero attached hydrogens (tertiary/aromatic N) is 2. The molecule has 3 aromatic rings. The van der Waals surface area contributed by atoms with E-state index in [0.717, 1.165) is 0 Å². The number of nitrogens with one attached hydrogen (secondary N) is 1. The Balaban J connectivity index is 2.28. The Bertz CT molecular complexity index is 853. The molecule has 1 aromatic carbocycles. The van der Waals surface area contributed by atoms with Gasteiger partial charge >= 0.3 is 5.97 Å². The lowest BCUT2D eigenvalue weighted by atomic mass is 10.2. The van der Waals surface area contributed by atoms with Crippen LogP contribution in [0.2, 0.25) is 0 Å². The van der Waals surface area contributed by atoms with Crippen LogP contribution in [-0.2, 0) is 0 Å². The summed E-state index contributed by atoms with van der Waals surface area (Å²) in [7, 11) is 0. The molecule has 0 saturated carbocycles. The van der Waals surface area contributed by atoms with Crippen LogP contribution in [-0.4, -0.2) is 26.0 Å². The normalized spacial score (nSPS) is 11.0. The van der Waals surface area contributed by atoms with Crippen LogP contribution in [0, 0.1) is 17.5 Å². The zero-order valence-electron chi connectivity index (χ0n) is 10.2. The molecule has 106 valence electrons. The number of benzene rings is 1. The van der Waals surface area contributed by atoms with Gasteiger partial charge < -0.3 is 10.1 Å². The highest BCUT2D eigenvalue weighted by molar-refractivity contribution is 6.00. The van der Waals surface area contributed by atoms with Crippen LogP contribution in [0.4, 0.5) is 13.2 Å². The Morgan fingerprint density at radius 1 is 1.19 bits per heavy atom. The van der Waals surface area contributed by atoms with Crippen LogP contribution >= 0.6 is 0 Å². The minimum Gasteiger partial charge on any atom is -0.478 e. The number of fused-ring (bicyclic) bond motifs is 1. The summed E-state index contributed by atoms with van der Waals surface area (Å²) >= 11 is 0. The fourth-order valence-corrected chi connectivity index (χ4v) is 1.98. The molecule has 2 aromatic heterocycles. The van der Waals surface area contributed by atoms with E-state index in [-0.39, 0.29) is 22.6 Å². The van der Waals surface area contributed by atoms with Crippen molar-refractivity contribution in [1.29, 1.82) is 0 Å². The number of aromatic carboxylic acids is 1. The number of aromatic nitrogens is 3. The maximum atomic E-state index is 13.7. The van der Waals surface area contributed by atoms with Crippen molar-refractivity contribution in [3.05, 3.63) is 47.4 Å². The van der Waals surface area contributed by atoms with Gasteiger partial charge in [-0.05, 0) is 6.07 Å². The molecule has 0 amide bonds. The molecular weight excluding hydrogens is 287 g/mol. The second-order valence-electron chi connectivity index (χ2n) is 4.19. The second kappa shape index (κ2) is 4.58. The third-order valence-electron chi connectivity index (χ3n) is 2.87. The van der Waals surface area contributed by atoms with Gasteiger partial charge in [0, 0.05) is 18.3 Å². The molecule has 2 heterocycles. The predicted octanol–water partition coefficient (Wildman–Crippen LogP) is 2.74. The van der Waals surface area contributed by atoms with Crippen molar-refractivity contribution < 1.29 is 23.1 Å². The number of pyridine rings is 1. The van der Waals surface area contributed by atoms with E-state index in [1.165, 1.54) is 12.3 Å². The number of halogens is 3. The fourth-order valence-electron chi connectivity index (χ4n) is 1.98. The number of rotatable bonds is 2. The van der Waals surface area contributed by atoms with E-state index >= 15 is 0 Å². The van der Waals surface area contributed by atoms with Crippen LogP contribution in [0.5, 0.6) is 0 Å². The summed E-state index contributed by atoms with van der Waals surface area (Å²) in [4.78, 5) is 21.2. The monoisotopic (exact) mass is 293 g/mol. The molecule has 0 fully saturated rings. The average Bonchev–Trinajstić information content (AvgIpc) is 2.79. The quantitative estimate of drug-likeness (QED) is 0.761. The number of hydrogen-bond donors (Lipinski definition) is 2. The van der Waals surface area contributed by atoms with Crippen LogP contribution < -0.4 is 0 Å². The molecule has 8 heteroatoms. The van der Waals surface area contributed by atoms with Crippen LogP contribution in [0.15, 0.2) is 24.4 Å². The molecule has 0 aliphatic heterocycles. The fraction of sp³-hybridized carbons (Fsp3) is 0. The molecule has 0 saturated heterocycles. The second-order valence-corrected chi connectivity index (χ2v) is 4.19. The minimum absolute atomic E-state index is 0.00646. The van der Waals surface area contributed by atoms with Crippen molar-refractivity contribution in [3.8, 4) is 11.4 Å². The topological polar surface area (TPSA) is 78.9 Å². The van der Waals surface area contributed by atoms with Gasteiger partial charge in [0.05, 0.1) is 16.6 Å². The van der Waals surface area contributed by atoms with Crippen LogP contribution in [0.3, 0.4) is 0 Å². The number of aromatic amines is 1. The molecule has 21 heavy (non-hydrogen) atoms. The number of carbonyl (C=O) groups is 1. The summed E-state index contributed by atoms with van der Waals surface area (Å²) in [6.45, 7) is 0. The maximum Gasteiger partial charge on any atom is 0.338 e. The van der Waals surface area contributed by atoms with Gasteiger partial charge in [-0.2, -0.15) is 0 Å². The summed E-state index contributed by atoms with van der Waals surface area (Å²) in [5.74, 6) is -4.86. The minimum atomic E-state index is -1.24. The molecule has 0 unspecified atom stereocenters. The molecular formula is C13H6F3N3O2. The van der Waals surface area contributed by atoms with Gasteiger partial charge in [0.25, 0.3) is 0 Å². The summed E-state index contributed by atoms with van der Waals surface area (Å²) in [6.07, 6.45) is 1.22. The molecule has 3 rings (SSSR count).